The summed E-state index contributed by atoms with van der Waals surface area (Å²) in [5.41, 5.74) is 1.61. The SMILES string of the molecule is COc1ccc(C2CN(C(=O)NC(C)OC)CC(c3ccc4c(c3)OCO4)C2C(=O)O)cc1. The highest BCUT2D eigenvalue weighted by Crippen LogP contribution is 2.44. The van der Waals surface area contributed by atoms with Gasteiger partial charge in [0.2, 0.25) is 6.79 Å². The lowest BCUT2D eigenvalue weighted by Gasteiger charge is -2.42. The van der Waals surface area contributed by atoms with Crippen LogP contribution in [0.25, 0.3) is 0 Å². The van der Waals surface area contributed by atoms with Crippen molar-refractivity contribution < 1.29 is 33.6 Å². The second-order valence-electron chi connectivity index (χ2n) is 8.20. The minimum absolute atomic E-state index is 0.129. The number of fused-ring (bicyclic) bond motifs is 1. The van der Waals surface area contributed by atoms with Crippen molar-refractivity contribution in [2.45, 2.75) is 25.0 Å². The van der Waals surface area contributed by atoms with E-state index >= 15 is 0 Å². The van der Waals surface area contributed by atoms with E-state index in [1.807, 2.05) is 24.3 Å². The van der Waals surface area contributed by atoms with Crippen molar-refractivity contribution >= 4 is 12.0 Å². The lowest BCUT2D eigenvalue weighted by molar-refractivity contribution is -0.144. The zero-order valence-corrected chi connectivity index (χ0v) is 18.8. The summed E-state index contributed by atoms with van der Waals surface area (Å²) in [6, 6.07) is 12.4. The molecule has 176 valence electrons. The van der Waals surface area contributed by atoms with Crippen molar-refractivity contribution in [1.29, 1.82) is 0 Å². The number of carbonyl (C=O) groups is 2. The first-order valence-electron chi connectivity index (χ1n) is 10.8. The number of benzene rings is 2. The lowest BCUT2D eigenvalue weighted by Crippen LogP contribution is -2.53. The van der Waals surface area contributed by atoms with E-state index in [1.165, 1.54) is 7.11 Å². The van der Waals surface area contributed by atoms with Gasteiger partial charge in [-0.3, -0.25) is 4.79 Å². The Morgan fingerprint density at radius 2 is 1.67 bits per heavy atom. The Kier molecular flexibility index (Phi) is 6.60. The molecule has 0 radical (unpaired) electrons. The third-order valence-electron chi connectivity index (χ3n) is 6.32. The van der Waals surface area contributed by atoms with Gasteiger partial charge in [-0.1, -0.05) is 18.2 Å². The van der Waals surface area contributed by atoms with Crippen molar-refractivity contribution in [3.63, 3.8) is 0 Å². The van der Waals surface area contributed by atoms with Crippen molar-refractivity contribution in [1.82, 2.24) is 10.2 Å². The van der Waals surface area contributed by atoms with Gasteiger partial charge in [0.25, 0.3) is 0 Å². The van der Waals surface area contributed by atoms with E-state index < -0.39 is 30.0 Å². The molecule has 4 atom stereocenters. The molecule has 0 spiro atoms. The molecule has 2 aliphatic rings. The number of urea groups is 1. The Balaban J connectivity index is 1.73. The number of hydrogen-bond donors (Lipinski definition) is 2. The number of hydrogen-bond acceptors (Lipinski definition) is 6. The molecule has 2 aromatic rings. The largest absolute Gasteiger partial charge is 0.497 e. The Labute approximate surface area is 192 Å². The summed E-state index contributed by atoms with van der Waals surface area (Å²) in [5, 5.41) is 13.1. The fraction of sp³-hybridized carbons (Fsp3) is 0.417. The van der Waals surface area contributed by atoms with Crippen molar-refractivity contribution in [2.75, 3.05) is 34.1 Å². The highest BCUT2D eigenvalue weighted by atomic mass is 16.7. The lowest BCUT2D eigenvalue weighted by atomic mass is 9.71. The van der Waals surface area contributed by atoms with Crippen LogP contribution in [-0.2, 0) is 9.53 Å². The highest BCUT2D eigenvalue weighted by molar-refractivity contribution is 5.77. The van der Waals surface area contributed by atoms with Crippen LogP contribution in [0.3, 0.4) is 0 Å². The normalized spacial score (nSPS) is 22.5. The number of carboxylic acids is 1. The molecular formula is C24H28N2O7. The van der Waals surface area contributed by atoms with Crippen LogP contribution < -0.4 is 19.5 Å². The average Bonchev–Trinajstić information content (AvgIpc) is 3.31. The van der Waals surface area contributed by atoms with E-state index in [9.17, 15) is 14.7 Å². The average molecular weight is 456 g/mol. The molecule has 4 unspecified atom stereocenters. The number of aliphatic carboxylic acids is 1. The number of carboxylic acid groups (broad SMARTS) is 1. The van der Waals surface area contributed by atoms with E-state index in [0.717, 1.165) is 11.1 Å². The zero-order valence-electron chi connectivity index (χ0n) is 18.8. The second kappa shape index (κ2) is 9.58. The van der Waals surface area contributed by atoms with E-state index in [1.54, 1.807) is 37.1 Å². The van der Waals surface area contributed by atoms with Crippen LogP contribution in [0.2, 0.25) is 0 Å². The first-order chi connectivity index (χ1) is 15.9. The van der Waals surface area contributed by atoms with Gasteiger partial charge in [-0.05, 0) is 42.3 Å². The highest BCUT2D eigenvalue weighted by Gasteiger charge is 2.44. The maximum Gasteiger partial charge on any atom is 0.319 e. The number of nitrogens with one attached hydrogen (secondary N) is 1. The van der Waals surface area contributed by atoms with Gasteiger partial charge in [-0.25, -0.2) is 4.79 Å². The molecule has 2 heterocycles. The van der Waals surface area contributed by atoms with Crippen LogP contribution in [0.5, 0.6) is 17.2 Å². The topological polar surface area (TPSA) is 107 Å². The van der Waals surface area contributed by atoms with Crippen LogP contribution >= 0.6 is 0 Å². The standard InChI is InChI=1S/C24H28N2O7/c1-14(30-2)25-24(29)26-11-18(15-4-7-17(31-3)8-5-15)22(23(27)28)19(12-26)16-6-9-20-21(10-16)33-13-32-20/h4-10,14,18-19,22H,11-13H2,1-3H3,(H,25,29)(H,27,28). The summed E-state index contributed by atoms with van der Waals surface area (Å²) in [6.07, 6.45) is -0.474. The Hall–Kier alpha value is -3.46. The molecule has 4 rings (SSSR count). The van der Waals surface area contributed by atoms with Crippen LogP contribution in [0, 0.1) is 5.92 Å². The molecule has 0 saturated carbocycles. The summed E-state index contributed by atoms with van der Waals surface area (Å²) < 4.78 is 21.3. The quantitative estimate of drug-likeness (QED) is 0.644. The minimum atomic E-state index is -0.913. The fourth-order valence-corrected chi connectivity index (χ4v) is 4.51. The predicted molar refractivity (Wildman–Crippen MR) is 119 cm³/mol. The molecule has 33 heavy (non-hydrogen) atoms. The maximum atomic E-state index is 13.0. The smallest absolute Gasteiger partial charge is 0.319 e. The Morgan fingerprint density at radius 1 is 1.03 bits per heavy atom. The van der Waals surface area contributed by atoms with Gasteiger partial charge in [-0.2, -0.15) is 0 Å². The van der Waals surface area contributed by atoms with Crippen molar-refractivity contribution in [2.24, 2.45) is 5.92 Å². The van der Waals surface area contributed by atoms with Gasteiger partial charge in [0.05, 0.1) is 13.0 Å². The van der Waals surface area contributed by atoms with Gasteiger partial charge in [0.15, 0.2) is 11.5 Å². The van der Waals surface area contributed by atoms with E-state index in [-0.39, 0.29) is 25.9 Å². The Morgan fingerprint density at radius 3 is 2.30 bits per heavy atom. The molecular weight excluding hydrogens is 428 g/mol. The molecule has 0 aromatic heterocycles. The van der Waals surface area contributed by atoms with Gasteiger partial charge >= 0.3 is 12.0 Å². The summed E-state index contributed by atoms with van der Waals surface area (Å²) in [4.78, 5) is 27.2. The van der Waals surface area contributed by atoms with Gasteiger partial charge in [0.1, 0.15) is 12.0 Å². The summed E-state index contributed by atoms with van der Waals surface area (Å²) in [6.45, 7) is 2.36. The molecule has 2 aromatic carbocycles. The monoisotopic (exact) mass is 456 g/mol. The number of nitrogens with zero attached hydrogens (tertiary/aromatic N) is 1. The fourth-order valence-electron chi connectivity index (χ4n) is 4.51. The van der Waals surface area contributed by atoms with Crippen molar-refractivity contribution in [3.05, 3.63) is 53.6 Å². The molecule has 0 bridgehead atoms. The van der Waals surface area contributed by atoms with E-state index in [2.05, 4.69) is 5.32 Å². The number of methoxy groups -OCH3 is 2. The summed E-state index contributed by atoms with van der Waals surface area (Å²) in [5.74, 6) is -0.671. The van der Waals surface area contributed by atoms with Crippen LogP contribution in [0.15, 0.2) is 42.5 Å². The molecule has 0 aliphatic carbocycles. The Bertz CT molecular complexity index is 1010. The van der Waals surface area contributed by atoms with E-state index in [0.29, 0.717) is 17.2 Å². The van der Waals surface area contributed by atoms with Gasteiger partial charge in [-0.15, -0.1) is 0 Å². The number of likely N-dealkylation sites (tertiary alicyclic amines) is 1. The molecule has 1 fully saturated rings. The van der Waals surface area contributed by atoms with E-state index in [4.69, 9.17) is 18.9 Å². The number of rotatable bonds is 6. The number of amides is 2. The summed E-state index contributed by atoms with van der Waals surface area (Å²) in [7, 11) is 3.09. The third kappa shape index (κ3) is 4.68. The first-order valence-corrected chi connectivity index (χ1v) is 10.8. The molecule has 9 heteroatoms. The first kappa shape index (κ1) is 22.7. The minimum Gasteiger partial charge on any atom is -0.497 e. The molecule has 1 saturated heterocycles. The third-order valence-corrected chi connectivity index (χ3v) is 6.32. The zero-order chi connectivity index (χ0) is 23.5. The van der Waals surface area contributed by atoms with Crippen LogP contribution in [0.4, 0.5) is 4.79 Å². The van der Waals surface area contributed by atoms with Crippen LogP contribution in [-0.4, -0.2) is 62.3 Å². The molecule has 2 aliphatic heterocycles. The van der Waals surface area contributed by atoms with Gasteiger partial charge in [0, 0.05) is 32.0 Å². The molecule has 2 N–H and O–H groups in total. The maximum absolute atomic E-state index is 13.0. The number of carbonyl (C=O) groups excluding carboxylic acids is 1. The van der Waals surface area contributed by atoms with Crippen molar-refractivity contribution in [3.8, 4) is 17.2 Å². The molecule has 9 nitrogen and oxygen atoms in total. The number of ether oxygens (including phenoxy) is 4. The molecule has 2 amide bonds. The second-order valence-corrected chi connectivity index (χ2v) is 8.20. The number of piperidine rings is 1. The summed E-state index contributed by atoms with van der Waals surface area (Å²) >= 11 is 0. The van der Waals surface area contributed by atoms with Gasteiger partial charge < -0.3 is 34.3 Å². The predicted octanol–water partition coefficient (Wildman–Crippen LogP) is 3.01. The van der Waals surface area contributed by atoms with Crippen LogP contribution in [0.1, 0.15) is 29.9 Å².